The first-order valence-corrected chi connectivity index (χ1v) is 5.86. The van der Waals surface area contributed by atoms with E-state index in [1.165, 1.54) is 13.0 Å². The fourth-order valence-electron chi connectivity index (χ4n) is 2.82. The van der Waals surface area contributed by atoms with Crippen molar-refractivity contribution in [3.05, 3.63) is 34.9 Å². The average Bonchev–Trinajstić information content (AvgIpc) is 2.24. The molecule has 2 rings (SSSR count). The van der Waals surface area contributed by atoms with Crippen LogP contribution in [-0.2, 0) is 11.6 Å². The predicted molar refractivity (Wildman–Crippen MR) is 61.1 cm³/mol. The first kappa shape index (κ1) is 14.2. The number of rotatable bonds is 2. The summed E-state index contributed by atoms with van der Waals surface area (Å²) >= 11 is 0. The molecule has 6 heteroatoms. The van der Waals surface area contributed by atoms with E-state index in [0.29, 0.717) is 11.1 Å². The van der Waals surface area contributed by atoms with Gasteiger partial charge in [0.25, 0.3) is 0 Å². The molecule has 1 aliphatic rings. The summed E-state index contributed by atoms with van der Waals surface area (Å²) in [6, 6.07) is 3.19. The standard InChI is InChI=1S/C13H14F5N/c1-8-4-9(13(16,17)18)2-3-10(8)11(7-19)5-12(14,15)6-11/h2-4H,5-7,19H2,1H3. The highest BCUT2D eigenvalue weighted by Gasteiger charge is 2.56. The fourth-order valence-corrected chi connectivity index (χ4v) is 2.82. The van der Waals surface area contributed by atoms with Crippen molar-refractivity contribution in [2.24, 2.45) is 5.73 Å². The second kappa shape index (κ2) is 4.16. The zero-order valence-corrected chi connectivity index (χ0v) is 10.3. The molecule has 1 saturated carbocycles. The maximum Gasteiger partial charge on any atom is 0.416 e. The zero-order chi connectivity index (χ0) is 14.5. The van der Waals surface area contributed by atoms with E-state index in [2.05, 4.69) is 0 Å². The van der Waals surface area contributed by atoms with E-state index in [4.69, 9.17) is 5.73 Å². The second-order valence-corrected chi connectivity index (χ2v) is 5.22. The van der Waals surface area contributed by atoms with E-state index in [0.717, 1.165) is 12.1 Å². The molecular weight excluding hydrogens is 265 g/mol. The number of alkyl halides is 5. The van der Waals surface area contributed by atoms with Gasteiger partial charge in [-0.05, 0) is 30.2 Å². The highest BCUT2D eigenvalue weighted by molar-refractivity contribution is 5.40. The Morgan fingerprint density at radius 1 is 1.21 bits per heavy atom. The minimum absolute atomic E-state index is 0.00872. The number of halogens is 5. The number of hydrogen-bond donors (Lipinski definition) is 1. The highest BCUT2D eigenvalue weighted by atomic mass is 19.4. The molecule has 0 heterocycles. The summed E-state index contributed by atoms with van der Waals surface area (Å²) < 4.78 is 63.8. The van der Waals surface area contributed by atoms with Crippen LogP contribution < -0.4 is 5.73 Å². The molecule has 1 aliphatic carbocycles. The number of hydrogen-bond acceptors (Lipinski definition) is 1. The van der Waals surface area contributed by atoms with Gasteiger partial charge in [-0.15, -0.1) is 0 Å². The van der Waals surface area contributed by atoms with Gasteiger partial charge in [0.15, 0.2) is 0 Å². The second-order valence-electron chi connectivity index (χ2n) is 5.22. The van der Waals surface area contributed by atoms with Gasteiger partial charge < -0.3 is 5.73 Å². The summed E-state index contributed by atoms with van der Waals surface area (Å²) in [6.45, 7) is 1.51. The van der Waals surface area contributed by atoms with Gasteiger partial charge in [-0.25, -0.2) is 8.78 Å². The van der Waals surface area contributed by atoms with Gasteiger partial charge in [0.1, 0.15) is 0 Å². The molecule has 106 valence electrons. The molecule has 1 aromatic carbocycles. The van der Waals surface area contributed by atoms with E-state index in [1.807, 2.05) is 0 Å². The number of aryl methyl sites for hydroxylation is 1. The summed E-state index contributed by atoms with van der Waals surface area (Å²) in [4.78, 5) is 0. The molecule has 0 spiro atoms. The van der Waals surface area contributed by atoms with Crippen LogP contribution >= 0.6 is 0 Å². The van der Waals surface area contributed by atoms with Crippen molar-refractivity contribution in [1.82, 2.24) is 0 Å². The Labute approximate surface area is 107 Å². The van der Waals surface area contributed by atoms with Crippen LogP contribution in [0.2, 0.25) is 0 Å². The Kier molecular flexibility index (Phi) is 3.12. The predicted octanol–water partition coefficient (Wildman–Crippen LogP) is 3.64. The van der Waals surface area contributed by atoms with Crippen LogP contribution in [0.1, 0.15) is 29.5 Å². The Balaban J connectivity index is 2.37. The Morgan fingerprint density at radius 3 is 2.16 bits per heavy atom. The first-order chi connectivity index (χ1) is 8.60. The number of benzene rings is 1. The summed E-state index contributed by atoms with van der Waals surface area (Å²) in [7, 11) is 0. The van der Waals surface area contributed by atoms with Crippen LogP contribution in [0.3, 0.4) is 0 Å². The smallest absolute Gasteiger partial charge is 0.330 e. The van der Waals surface area contributed by atoms with Crippen molar-refractivity contribution in [3.8, 4) is 0 Å². The largest absolute Gasteiger partial charge is 0.416 e. The van der Waals surface area contributed by atoms with E-state index >= 15 is 0 Å². The van der Waals surface area contributed by atoms with Crippen molar-refractivity contribution in [2.75, 3.05) is 6.54 Å². The third kappa shape index (κ3) is 2.45. The van der Waals surface area contributed by atoms with Gasteiger partial charge in [0.05, 0.1) is 5.56 Å². The van der Waals surface area contributed by atoms with Crippen LogP contribution in [0.15, 0.2) is 18.2 Å². The lowest BCUT2D eigenvalue weighted by Gasteiger charge is -2.48. The third-order valence-corrected chi connectivity index (χ3v) is 3.71. The monoisotopic (exact) mass is 279 g/mol. The molecule has 0 aromatic heterocycles. The molecule has 0 radical (unpaired) electrons. The van der Waals surface area contributed by atoms with Gasteiger partial charge in [0, 0.05) is 24.8 Å². The van der Waals surface area contributed by atoms with Crippen molar-refractivity contribution < 1.29 is 22.0 Å². The molecule has 2 N–H and O–H groups in total. The van der Waals surface area contributed by atoms with Crippen LogP contribution in [0.5, 0.6) is 0 Å². The maximum atomic E-state index is 13.1. The Hall–Kier alpha value is -1.17. The SMILES string of the molecule is Cc1cc(C(F)(F)F)ccc1C1(CN)CC(F)(F)C1. The Morgan fingerprint density at radius 2 is 1.79 bits per heavy atom. The summed E-state index contributed by atoms with van der Waals surface area (Å²) in [5.41, 5.74) is 4.75. The van der Waals surface area contributed by atoms with Crippen molar-refractivity contribution >= 4 is 0 Å². The first-order valence-electron chi connectivity index (χ1n) is 5.86. The quantitative estimate of drug-likeness (QED) is 0.822. The molecule has 1 aromatic rings. The molecule has 0 aliphatic heterocycles. The van der Waals surface area contributed by atoms with Crippen molar-refractivity contribution in [2.45, 2.75) is 37.3 Å². The van der Waals surface area contributed by atoms with E-state index in [9.17, 15) is 22.0 Å². The molecule has 19 heavy (non-hydrogen) atoms. The minimum atomic E-state index is -4.43. The summed E-state index contributed by atoms with van der Waals surface area (Å²) in [5.74, 6) is -2.77. The highest BCUT2D eigenvalue weighted by Crippen LogP contribution is 2.53. The van der Waals surface area contributed by atoms with Gasteiger partial charge in [0.2, 0.25) is 5.92 Å². The normalized spacial score (nSPS) is 21.0. The zero-order valence-electron chi connectivity index (χ0n) is 10.3. The minimum Gasteiger partial charge on any atom is -0.330 e. The Bertz CT molecular complexity index is 484. The lowest BCUT2D eigenvalue weighted by atomic mass is 9.61. The van der Waals surface area contributed by atoms with Gasteiger partial charge >= 0.3 is 6.18 Å². The van der Waals surface area contributed by atoms with Crippen molar-refractivity contribution in [3.63, 3.8) is 0 Å². The molecular formula is C13H14F5N. The van der Waals surface area contributed by atoms with Crippen LogP contribution in [0.25, 0.3) is 0 Å². The van der Waals surface area contributed by atoms with E-state index in [1.54, 1.807) is 0 Å². The van der Waals surface area contributed by atoms with Crippen LogP contribution in [-0.4, -0.2) is 12.5 Å². The molecule has 0 saturated heterocycles. The van der Waals surface area contributed by atoms with E-state index < -0.39 is 35.9 Å². The van der Waals surface area contributed by atoms with Gasteiger partial charge in [-0.2, -0.15) is 13.2 Å². The third-order valence-electron chi connectivity index (χ3n) is 3.71. The summed E-state index contributed by atoms with van der Waals surface area (Å²) in [5, 5.41) is 0. The molecule has 0 atom stereocenters. The molecule has 0 bridgehead atoms. The molecule has 1 nitrogen and oxygen atoms in total. The van der Waals surface area contributed by atoms with Crippen LogP contribution in [0, 0.1) is 6.92 Å². The lowest BCUT2D eigenvalue weighted by Crippen LogP contribution is -2.54. The molecule has 0 amide bonds. The lowest BCUT2D eigenvalue weighted by molar-refractivity contribution is -0.138. The van der Waals surface area contributed by atoms with Gasteiger partial charge in [-0.3, -0.25) is 0 Å². The molecule has 0 unspecified atom stereocenters. The summed E-state index contributed by atoms with van der Waals surface area (Å²) in [6.07, 6.45) is -5.23. The van der Waals surface area contributed by atoms with Gasteiger partial charge in [-0.1, -0.05) is 6.07 Å². The fraction of sp³-hybridized carbons (Fsp3) is 0.538. The van der Waals surface area contributed by atoms with E-state index in [-0.39, 0.29) is 6.54 Å². The van der Waals surface area contributed by atoms with Crippen molar-refractivity contribution in [1.29, 1.82) is 0 Å². The topological polar surface area (TPSA) is 26.0 Å². The average molecular weight is 279 g/mol. The van der Waals surface area contributed by atoms with Crippen LogP contribution in [0.4, 0.5) is 22.0 Å². The maximum absolute atomic E-state index is 13.1. The molecule has 1 fully saturated rings. The number of nitrogens with two attached hydrogens (primary N) is 1.